The molecule has 0 saturated heterocycles. The Kier molecular flexibility index (Phi) is 5.78. The van der Waals surface area contributed by atoms with E-state index in [-0.39, 0.29) is 11.6 Å². The van der Waals surface area contributed by atoms with Crippen LogP contribution < -0.4 is 10.6 Å². The van der Waals surface area contributed by atoms with Gasteiger partial charge in [0.15, 0.2) is 5.82 Å². The number of carboxylic acid groups (broad SMARTS) is 1. The van der Waals surface area contributed by atoms with Gasteiger partial charge >= 0.3 is 12.0 Å². The normalized spacial score (nSPS) is 10.5. The Morgan fingerprint density at radius 3 is 2.75 bits per heavy atom. The van der Waals surface area contributed by atoms with Crippen molar-refractivity contribution < 1.29 is 19.4 Å². The summed E-state index contributed by atoms with van der Waals surface area (Å²) in [7, 11) is 1.51. The predicted molar refractivity (Wildman–Crippen MR) is 89.9 cm³/mol. The van der Waals surface area contributed by atoms with E-state index in [9.17, 15) is 9.59 Å². The van der Waals surface area contributed by atoms with Crippen LogP contribution in [0.4, 0.5) is 16.3 Å². The van der Waals surface area contributed by atoms with Crippen molar-refractivity contribution in [2.45, 2.75) is 13.5 Å². The molecule has 24 heavy (non-hydrogen) atoms. The molecule has 1 aromatic heterocycles. The maximum absolute atomic E-state index is 12.0. The molecule has 128 valence electrons. The van der Waals surface area contributed by atoms with Gasteiger partial charge in [-0.25, -0.2) is 14.6 Å². The zero-order valence-corrected chi connectivity index (χ0v) is 13.9. The Morgan fingerprint density at radius 2 is 2.12 bits per heavy atom. The number of benzene rings is 1. The average Bonchev–Trinajstić information content (AvgIpc) is 2.91. The fraction of sp³-hybridized carbons (Fsp3) is 0.267. The molecule has 1 heterocycles. The number of hydrogen-bond acceptors (Lipinski definition) is 4. The van der Waals surface area contributed by atoms with E-state index in [0.717, 1.165) is 5.56 Å². The lowest BCUT2D eigenvalue weighted by Crippen LogP contribution is -2.20. The summed E-state index contributed by atoms with van der Waals surface area (Å²) in [4.78, 5) is 27.1. The van der Waals surface area contributed by atoms with E-state index >= 15 is 0 Å². The van der Waals surface area contributed by atoms with Gasteiger partial charge in [0.1, 0.15) is 0 Å². The van der Waals surface area contributed by atoms with E-state index in [1.54, 1.807) is 18.2 Å². The van der Waals surface area contributed by atoms with E-state index < -0.39 is 12.0 Å². The molecule has 0 fully saturated rings. The lowest BCUT2D eigenvalue weighted by molar-refractivity contribution is 0.0675. The molecular formula is C15H17ClN4O4. The summed E-state index contributed by atoms with van der Waals surface area (Å²) in [5.41, 5.74) is 1.39. The first-order chi connectivity index (χ1) is 11.4. The van der Waals surface area contributed by atoms with Gasteiger partial charge in [-0.15, -0.1) is 0 Å². The van der Waals surface area contributed by atoms with E-state index in [1.165, 1.54) is 17.9 Å². The first-order valence-electron chi connectivity index (χ1n) is 7.04. The highest BCUT2D eigenvalue weighted by molar-refractivity contribution is 6.30. The summed E-state index contributed by atoms with van der Waals surface area (Å²) in [5.74, 6) is -1.23. The van der Waals surface area contributed by atoms with Crippen LogP contribution in [0, 0.1) is 6.92 Å². The van der Waals surface area contributed by atoms with Crippen LogP contribution in [0.15, 0.2) is 24.4 Å². The number of methoxy groups -OCH3 is 1. The van der Waals surface area contributed by atoms with Crippen molar-refractivity contribution in [2.75, 3.05) is 24.4 Å². The third-order valence-electron chi connectivity index (χ3n) is 3.18. The smallest absolute Gasteiger partial charge is 0.372 e. The number of aromatic nitrogens is 2. The van der Waals surface area contributed by atoms with Crippen molar-refractivity contribution in [1.82, 2.24) is 9.55 Å². The lowest BCUT2D eigenvalue weighted by atomic mass is 10.2. The van der Waals surface area contributed by atoms with Crippen molar-refractivity contribution in [3.05, 3.63) is 40.8 Å². The Bertz CT molecular complexity index is 760. The predicted octanol–water partition coefficient (Wildman–Crippen LogP) is 2.83. The van der Waals surface area contributed by atoms with Crippen molar-refractivity contribution >= 4 is 35.1 Å². The molecular weight excluding hydrogens is 336 g/mol. The third kappa shape index (κ3) is 4.46. The number of aryl methyl sites for hydroxylation is 1. The number of nitrogens with zero attached hydrogens (tertiary/aromatic N) is 2. The second kappa shape index (κ2) is 7.80. The van der Waals surface area contributed by atoms with Crippen LogP contribution in [0.2, 0.25) is 5.02 Å². The van der Waals surface area contributed by atoms with Gasteiger partial charge in [0.05, 0.1) is 6.61 Å². The minimum absolute atomic E-state index is 0.132. The maximum Gasteiger partial charge on any atom is 0.372 e. The van der Waals surface area contributed by atoms with Crippen LogP contribution in [-0.2, 0) is 11.3 Å². The van der Waals surface area contributed by atoms with Crippen molar-refractivity contribution in [3.8, 4) is 0 Å². The zero-order chi connectivity index (χ0) is 17.7. The van der Waals surface area contributed by atoms with E-state index in [2.05, 4.69) is 15.6 Å². The van der Waals surface area contributed by atoms with Crippen molar-refractivity contribution in [1.29, 1.82) is 0 Å². The van der Waals surface area contributed by atoms with Crippen molar-refractivity contribution in [2.24, 2.45) is 0 Å². The number of nitrogens with one attached hydrogen (secondary N) is 2. The largest absolute Gasteiger partial charge is 0.475 e. The Hall–Kier alpha value is -2.58. The van der Waals surface area contributed by atoms with Gasteiger partial charge in [-0.05, 0) is 30.7 Å². The molecule has 3 N–H and O–H groups in total. The fourth-order valence-electron chi connectivity index (χ4n) is 2.04. The quantitative estimate of drug-likeness (QED) is 0.741. The molecule has 2 amide bonds. The average molecular weight is 353 g/mol. The first-order valence-corrected chi connectivity index (χ1v) is 7.42. The lowest BCUT2D eigenvalue weighted by Gasteiger charge is -2.08. The molecule has 2 rings (SSSR count). The molecule has 0 aliphatic carbocycles. The number of carboxylic acids is 1. The van der Waals surface area contributed by atoms with Gasteiger partial charge in [-0.1, -0.05) is 11.6 Å². The molecule has 2 aromatic rings. The number of ether oxygens (including phenoxy) is 1. The number of carbonyl (C=O) groups excluding carboxylic acids is 1. The summed E-state index contributed by atoms with van der Waals surface area (Å²) in [5, 5.41) is 14.9. The molecule has 0 atom stereocenters. The van der Waals surface area contributed by atoms with Gasteiger partial charge in [0.25, 0.3) is 0 Å². The second-order valence-electron chi connectivity index (χ2n) is 4.98. The van der Waals surface area contributed by atoms with Crippen LogP contribution in [0.1, 0.15) is 16.2 Å². The topological polar surface area (TPSA) is 105 Å². The van der Waals surface area contributed by atoms with E-state index in [1.807, 2.05) is 6.92 Å². The molecule has 8 nitrogen and oxygen atoms in total. The molecule has 0 saturated carbocycles. The summed E-state index contributed by atoms with van der Waals surface area (Å²) in [6.07, 6.45) is 1.44. The Balaban J connectivity index is 2.09. The van der Waals surface area contributed by atoms with Gasteiger partial charge in [0, 0.05) is 30.6 Å². The van der Waals surface area contributed by atoms with Crippen LogP contribution in [0.5, 0.6) is 0 Å². The number of aromatic carboxylic acids is 1. The van der Waals surface area contributed by atoms with Gasteiger partial charge in [-0.2, -0.15) is 0 Å². The summed E-state index contributed by atoms with van der Waals surface area (Å²) < 4.78 is 6.32. The zero-order valence-electron chi connectivity index (χ0n) is 13.2. The number of hydrogen-bond donors (Lipinski definition) is 3. The standard InChI is InChI=1S/C15H17ClN4O4/c1-9-7-10(16)3-4-11(9)17-15(23)19-12-8-20(5-6-24-2)13(18-12)14(21)22/h3-4,7-8H,5-6H2,1-2H3,(H,21,22)(H2,17,19,23). The molecule has 0 bridgehead atoms. The molecule has 0 aliphatic rings. The molecule has 0 unspecified atom stereocenters. The third-order valence-corrected chi connectivity index (χ3v) is 3.42. The molecule has 0 spiro atoms. The van der Waals surface area contributed by atoms with Crippen LogP contribution in [0.3, 0.4) is 0 Å². The van der Waals surface area contributed by atoms with Gasteiger partial charge in [-0.3, -0.25) is 5.32 Å². The summed E-state index contributed by atoms with van der Waals surface area (Å²) >= 11 is 5.87. The Labute approximate surface area is 143 Å². The first kappa shape index (κ1) is 17.8. The van der Waals surface area contributed by atoms with Crippen LogP contribution >= 0.6 is 11.6 Å². The van der Waals surface area contributed by atoms with E-state index in [0.29, 0.717) is 23.9 Å². The SMILES string of the molecule is COCCn1cc(NC(=O)Nc2ccc(Cl)cc2C)nc1C(=O)O. The van der Waals surface area contributed by atoms with E-state index in [4.69, 9.17) is 21.4 Å². The van der Waals surface area contributed by atoms with Crippen molar-refractivity contribution in [3.63, 3.8) is 0 Å². The number of amides is 2. The minimum Gasteiger partial charge on any atom is -0.475 e. The summed E-state index contributed by atoms with van der Waals surface area (Å²) in [6.45, 7) is 2.44. The van der Waals surface area contributed by atoms with Crippen LogP contribution in [-0.4, -0.2) is 40.4 Å². The highest BCUT2D eigenvalue weighted by Crippen LogP contribution is 2.20. The number of urea groups is 1. The Morgan fingerprint density at radius 1 is 1.38 bits per heavy atom. The number of rotatable bonds is 6. The summed E-state index contributed by atoms with van der Waals surface area (Å²) in [6, 6.07) is 4.52. The highest BCUT2D eigenvalue weighted by atomic mass is 35.5. The highest BCUT2D eigenvalue weighted by Gasteiger charge is 2.16. The number of anilines is 2. The van der Waals surface area contributed by atoms with Gasteiger partial charge in [0.2, 0.25) is 5.82 Å². The maximum atomic E-state index is 12.0. The molecule has 0 radical (unpaired) electrons. The monoisotopic (exact) mass is 352 g/mol. The second-order valence-corrected chi connectivity index (χ2v) is 5.42. The molecule has 1 aromatic carbocycles. The molecule has 0 aliphatic heterocycles. The van der Waals surface area contributed by atoms with Crippen LogP contribution in [0.25, 0.3) is 0 Å². The number of carbonyl (C=O) groups is 2. The molecule has 9 heteroatoms. The minimum atomic E-state index is -1.19. The number of halogens is 1. The number of imidazole rings is 1. The van der Waals surface area contributed by atoms with Gasteiger partial charge < -0.3 is 19.7 Å². The fourth-order valence-corrected chi connectivity index (χ4v) is 2.27.